The van der Waals surface area contributed by atoms with Gasteiger partial charge in [-0.3, -0.25) is 0 Å². The third-order valence-corrected chi connectivity index (χ3v) is 3.79. The fourth-order valence-electron chi connectivity index (χ4n) is 2.00. The first-order chi connectivity index (χ1) is 10.1. The molecule has 0 saturated heterocycles. The van der Waals surface area contributed by atoms with E-state index >= 15 is 0 Å². The Bertz CT molecular complexity index is 462. The summed E-state index contributed by atoms with van der Waals surface area (Å²) in [6.07, 6.45) is 2.54. The molecule has 2 rings (SSSR count). The molecule has 21 heavy (non-hydrogen) atoms. The van der Waals surface area contributed by atoms with Crippen LogP contribution in [0.15, 0.2) is 12.1 Å². The quantitative estimate of drug-likeness (QED) is 0.533. The minimum Gasteiger partial charge on any atom is -0.466 e. The van der Waals surface area contributed by atoms with Crippen molar-refractivity contribution in [2.45, 2.75) is 33.2 Å². The van der Waals surface area contributed by atoms with Gasteiger partial charge in [0.15, 0.2) is 6.79 Å². The molecule has 1 N–H and O–H groups in total. The van der Waals surface area contributed by atoms with Gasteiger partial charge in [-0.1, -0.05) is 37.0 Å². The molecule has 1 aromatic carbocycles. The highest BCUT2D eigenvalue weighted by Gasteiger charge is 2.21. The number of benzene rings is 1. The molecule has 3 nitrogen and oxygen atoms in total. The Kier molecular flexibility index (Phi) is 6.62. The minimum absolute atomic E-state index is 0.231. The van der Waals surface area contributed by atoms with Gasteiger partial charge in [0.2, 0.25) is 0 Å². The van der Waals surface area contributed by atoms with E-state index in [1.54, 1.807) is 6.07 Å². The maximum Gasteiger partial charge on any atom is 0.189 e. The maximum atomic E-state index is 6.24. The molecule has 1 aromatic rings. The Hall–Kier alpha value is -0.480. The van der Waals surface area contributed by atoms with Gasteiger partial charge in [0.25, 0.3) is 0 Å². The number of rotatable bonds is 9. The number of halogens is 2. The predicted molar refractivity (Wildman–Crippen MR) is 87.2 cm³/mol. The van der Waals surface area contributed by atoms with Crippen LogP contribution in [0.2, 0.25) is 10.0 Å². The number of nitrogens with one attached hydrogen (secondary N) is 1. The van der Waals surface area contributed by atoms with E-state index in [2.05, 4.69) is 19.2 Å². The van der Waals surface area contributed by atoms with Gasteiger partial charge >= 0.3 is 0 Å². The van der Waals surface area contributed by atoms with Crippen LogP contribution in [0, 0.1) is 11.8 Å². The molecule has 1 saturated carbocycles. The van der Waals surface area contributed by atoms with Gasteiger partial charge in [-0.15, -0.1) is 0 Å². The van der Waals surface area contributed by atoms with Crippen molar-refractivity contribution in [2.75, 3.05) is 19.9 Å². The highest BCUT2D eigenvalue weighted by Crippen LogP contribution is 2.33. The van der Waals surface area contributed by atoms with E-state index in [4.69, 9.17) is 32.7 Å². The first-order valence-corrected chi connectivity index (χ1v) is 8.21. The van der Waals surface area contributed by atoms with Crippen LogP contribution in [0.1, 0.15) is 32.3 Å². The van der Waals surface area contributed by atoms with Gasteiger partial charge in [-0.25, -0.2) is 0 Å². The zero-order valence-electron chi connectivity index (χ0n) is 12.6. The largest absolute Gasteiger partial charge is 0.466 e. The van der Waals surface area contributed by atoms with Crippen LogP contribution in [-0.4, -0.2) is 19.9 Å². The Morgan fingerprint density at radius 1 is 1.29 bits per heavy atom. The predicted octanol–water partition coefficient (Wildman–Crippen LogP) is 4.50. The van der Waals surface area contributed by atoms with E-state index in [1.165, 1.54) is 12.8 Å². The van der Waals surface area contributed by atoms with Crippen molar-refractivity contribution in [3.63, 3.8) is 0 Å². The molecule has 0 unspecified atom stereocenters. The minimum atomic E-state index is 0.231. The third-order valence-electron chi connectivity index (χ3n) is 3.29. The molecule has 0 spiro atoms. The molecule has 5 heteroatoms. The first kappa shape index (κ1) is 16.9. The molecular formula is C16H23Cl2NO2. The van der Waals surface area contributed by atoms with Crippen LogP contribution < -0.4 is 10.1 Å². The van der Waals surface area contributed by atoms with Crippen molar-refractivity contribution in [1.82, 2.24) is 5.32 Å². The van der Waals surface area contributed by atoms with Gasteiger partial charge in [0, 0.05) is 17.1 Å². The summed E-state index contributed by atoms with van der Waals surface area (Å²) in [6, 6.07) is 3.59. The summed E-state index contributed by atoms with van der Waals surface area (Å²) in [7, 11) is 0. The number of hydrogen-bond donors (Lipinski definition) is 1. The van der Waals surface area contributed by atoms with Gasteiger partial charge in [0.05, 0.1) is 11.6 Å². The monoisotopic (exact) mass is 331 g/mol. The fourth-order valence-corrected chi connectivity index (χ4v) is 2.59. The van der Waals surface area contributed by atoms with E-state index < -0.39 is 0 Å². The highest BCUT2D eigenvalue weighted by atomic mass is 35.5. The second kappa shape index (κ2) is 8.23. The van der Waals surface area contributed by atoms with Crippen LogP contribution in [0.4, 0.5) is 0 Å². The van der Waals surface area contributed by atoms with Crippen molar-refractivity contribution in [3.05, 3.63) is 27.7 Å². The lowest BCUT2D eigenvalue weighted by molar-refractivity contribution is 0.00947. The van der Waals surface area contributed by atoms with Gasteiger partial charge in [-0.05, 0) is 43.4 Å². The smallest absolute Gasteiger partial charge is 0.189 e. The van der Waals surface area contributed by atoms with Gasteiger partial charge in [0.1, 0.15) is 5.75 Å². The standard InChI is InChI=1S/C16H23Cl2NO2/c1-11(2)7-19-8-13-5-14(17)6-15(18)16(13)21-10-20-9-12-3-4-12/h5-6,11-12,19H,3-4,7-10H2,1-2H3. The highest BCUT2D eigenvalue weighted by molar-refractivity contribution is 6.35. The van der Waals surface area contributed by atoms with Crippen LogP contribution in [0.3, 0.4) is 0 Å². The van der Waals surface area contributed by atoms with E-state index in [0.717, 1.165) is 24.6 Å². The summed E-state index contributed by atoms with van der Waals surface area (Å²) >= 11 is 12.3. The molecule has 118 valence electrons. The SMILES string of the molecule is CC(C)CNCc1cc(Cl)cc(Cl)c1OCOCC1CC1. The normalized spacial score (nSPS) is 14.7. The van der Waals surface area contributed by atoms with E-state index in [1.807, 2.05) is 6.07 Å². The topological polar surface area (TPSA) is 30.5 Å². The zero-order valence-corrected chi connectivity index (χ0v) is 14.1. The van der Waals surface area contributed by atoms with E-state index in [9.17, 15) is 0 Å². The lowest BCUT2D eigenvalue weighted by atomic mass is 10.1. The number of hydrogen-bond acceptors (Lipinski definition) is 3. The lowest BCUT2D eigenvalue weighted by Gasteiger charge is -2.15. The molecule has 0 atom stereocenters. The molecule has 0 heterocycles. The number of ether oxygens (including phenoxy) is 2. The van der Waals surface area contributed by atoms with Crippen LogP contribution in [0.5, 0.6) is 5.75 Å². The summed E-state index contributed by atoms with van der Waals surface area (Å²) in [5.74, 6) is 1.97. The van der Waals surface area contributed by atoms with Crippen molar-refractivity contribution in [2.24, 2.45) is 11.8 Å². The molecule has 0 bridgehead atoms. The average molecular weight is 332 g/mol. The van der Waals surface area contributed by atoms with Gasteiger partial charge < -0.3 is 14.8 Å². The third kappa shape index (κ3) is 6.03. The lowest BCUT2D eigenvalue weighted by Crippen LogP contribution is -2.19. The van der Waals surface area contributed by atoms with Crippen LogP contribution in [-0.2, 0) is 11.3 Å². The van der Waals surface area contributed by atoms with Crippen molar-refractivity contribution >= 4 is 23.2 Å². The Morgan fingerprint density at radius 3 is 2.71 bits per heavy atom. The Balaban J connectivity index is 1.91. The molecular weight excluding hydrogens is 309 g/mol. The summed E-state index contributed by atoms with van der Waals surface area (Å²) in [5, 5.41) is 4.52. The van der Waals surface area contributed by atoms with Crippen molar-refractivity contribution in [1.29, 1.82) is 0 Å². The molecule has 0 radical (unpaired) electrons. The molecule has 0 amide bonds. The molecule has 0 aromatic heterocycles. The molecule has 1 fully saturated rings. The fraction of sp³-hybridized carbons (Fsp3) is 0.625. The summed E-state index contributed by atoms with van der Waals surface area (Å²) < 4.78 is 11.2. The summed E-state index contributed by atoms with van der Waals surface area (Å²) in [4.78, 5) is 0. The maximum absolute atomic E-state index is 6.24. The van der Waals surface area contributed by atoms with Crippen molar-refractivity contribution in [3.8, 4) is 5.75 Å². The second-order valence-electron chi connectivity index (χ2n) is 5.98. The molecule has 1 aliphatic carbocycles. The summed E-state index contributed by atoms with van der Waals surface area (Å²) in [6.45, 7) is 6.95. The van der Waals surface area contributed by atoms with Crippen molar-refractivity contribution < 1.29 is 9.47 Å². The molecule has 1 aliphatic rings. The molecule has 0 aliphatic heterocycles. The van der Waals surface area contributed by atoms with Gasteiger partial charge in [-0.2, -0.15) is 0 Å². The van der Waals surface area contributed by atoms with Crippen LogP contribution >= 0.6 is 23.2 Å². The van der Waals surface area contributed by atoms with E-state index in [0.29, 0.717) is 28.3 Å². The summed E-state index contributed by atoms with van der Waals surface area (Å²) in [5.41, 5.74) is 0.961. The van der Waals surface area contributed by atoms with E-state index in [-0.39, 0.29) is 6.79 Å². The second-order valence-corrected chi connectivity index (χ2v) is 6.82. The average Bonchev–Trinajstić information content (AvgIpc) is 3.20. The van der Waals surface area contributed by atoms with Crippen LogP contribution in [0.25, 0.3) is 0 Å². The zero-order chi connectivity index (χ0) is 15.2. The Labute approximate surface area is 136 Å². The Morgan fingerprint density at radius 2 is 2.05 bits per heavy atom. The first-order valence-electron chi connectivity index (χ1n) is 7.45.